The van der Waals surface area contributed by atoms with Gasteiger partial charge in [-0.1, -0.05) is 104 Å². The second-order valence-electron chi connectivity index (χ2n) is 11.9. The summed E-state index contributed by atoms with van der Waals surface area (Å²) in [6.07, 6.45) is 17.0. The van der Waals surface area contributed by atoms with Gasteiger partial charge in [0.05, 0.1) is 18.9 Å². The summed E-state index contributed by atoms with van der Waals surface area (Å²) in [5.41, 5.74) is 0.203. The Balaban J connectivity index is 2.87. The summed E-state index contributed by atoms with van der Waals surface area (Å²) in [6.45, 7) is 9.31. The molecule has 1 heterocycles. The van der Waals surface area contributed by atoms with Crippen molar-refractivity contribution < 1.29 is 28.7 Å². The van der Waals surface area contributed by atoms with E-state index in [1.165, 1.54) is 84.0 Å². The average molecular weight is 605 g/mol. The van der Waals surface area contributed by atoms with Crippen molar-refractivity contribution in [3.8, 4) is 0 Å². The van der Waals surface area contributed by atoms with Gasteiger partial charge in [0.2, 0.25) is 23.6 Å². The Morgan fingerprint density at radius 3 is 2.12 bits per heavy atom. The van der Waals surface area contributed by atoms with Gasteiger partial charge in [0.15, 0.2) is 0 Å². The van der Waals surface area contributed by atoms with E-state index in [2.05, 4.69) is 29.5 Å². The number of ether oxygens (including phenoxy) is 1. The minimum Gasteiger partial charge on any atom is -0.460 e. The minimum atomic E-state index is -1.27. The number of hydrogen-bond donors (Lipinski definition) is 3. The van der Waals surface area contributed by atoms with E-state index in [0.29, 0.717) is 0 Å². The average Bonchev–Trinajstić information content (AvgIpc) is 2.97. The summed E-state index contributed by atoms with van der Waals surface area (Å²) in [6, 6.07) is -1.27. The van der Waals surface area contributed by atoms with Crippen LogP contribution in [-0.4, -0.2) is 67.3 Å². The van der Waals surface area contributed by atoms with Gasteiger partial charge >= 0.3 is 5.97 Å². The van der Waals surface area contributed by atoms with Crippen LogP contribution in [0, 0.1) is 11.8 Å². The van der Waals surface area contributed by atoms with E-state index in [1.54, 1.807) is 6.92 Å². The van der Waals surface area contributed by atoms with Gasteiger partial charge in [0, 0.05) is 25.9 Å². The second kappa shape index (κ2) is 21.5. The second-order valence-corrected chi connectivity index (χ2v) is 11.9. The van der Waals surface area contributed by atoms with E-state index >= 15 is 0 Å². The first-order valence-electron chi connectivity index (χ1n) is 16.1. The topological polar surface area (TPSA) is 134 Å². The fourth-order valence-corrected chi connectivity index (χ4v) is 5.17. The van der Waals surface area contributed by atoms with Gasteiger partial charge in [-0.15, -0.1) is 0 Å². The maximum atomic E-state index is 13.3. The van der Waals surface area contributed by atoms with Crippen molar-refractivity contribution in [3.63, 3.8) is 0 Å². The zero-order valence-electron chi connectivity index (χ0n) is 27.2. The molecule has 244 valence electrons. The van der Waals surface area contributed by atoms with Crippen molar-refractivity contribution in [3.05, 3.63) is 24.4 Å². The number of esters is 1. The third-order valence-electron chi connectivity index (χ3n) is 7.99. The number of nitrogens with zero attached hydrogens (tertiary/aromatic N) is 1. The molecule has 3 N–H and O–H groups in total. The van der Waals surface area contributed by atoms with Gasteiger partial charge in [-0.3, -0.25) is 19.2 Å². The van der Waals surface area contributed by atoms with E-state index in [1.807, 2.05) is 6.92 Å². The van der Waals surface area contributed by atoms with E-state index in [0.717, 1.165) is 30.6 Å². The first kappa shape index (κ1) is 37.9. The quantitative estimate of drug-likeness (QED) is 0.175. The van der Waals surface area contributed by atoms with Gasteiger partial charge in [0.1, 0.15) is 12.1 Å². The molecule has 0 saturated carbocycles. The lowest BCUT2D eigenvalue weighted by Gasteiger charge is -2.30. The summed E-state index contributed by atoms with van der Waals surface area (Å²) in [7, 11) is 2.85. The van der Waals surface area contributed by atoms with Gasteiger partial charge in [-0.2, -0.15) is 0 Å². The molecule has 1 aliphatic heterocycles. The van der Waals surface area contributed by atoms with Crippen molar-refractivity contribution in [1.29, 1.82) is 0 Å². The fourth-order valence-electron chi connectivity index (χ4n) is 5.17. The smallest absolute Gasteiger partial charge is 0.329 e. The van der Waals surface area contributed by atoms with Gasteiger partial charge in [-0.25, -0.2) is 4.79 Å². The van der Waals surface area contributed by atoms with Crippen LogP contribution < -0.4 is 16.0 Å². The van der Waals surface area contributed by atoms with Crippen molar-refractivity contribution in [2.24, 2.45) is 11.8 Å². The molecule has 1 rings (SSSR count). The molecule has 10 nitrogen and oxygen atoms in total. The number of allylic oxidation sites excluding steroid dienone is 1. The van der Waals surface area contributed by atoms with Crippen LogP contribution in [0.25, 0.3) is 0 Å². The molecular weight excluding hydrogens is 548 g/mol. The molecule has 0 unspecified atom stereocenters. The Morgan fingerprint density at radius 1 is 1.00 bits per heavy atom. The Labute approximate surface area is 258 Å². The highest BCUT2D eigenvalue weighted by Crippen LogP contribution is 2.25. The van der Waals surface area contributed by atoms with Crippen molar-refractivity contribution in [2.45, 2.75) is 123 Å². The van der Waals surface area contributed by atoms with Crippen molar-refractivity contribution >= 4 is 29.6 Å². The highest BCUT2D eigenvalue weighted by Gasteiger charge is 2.35. The van der Waals surface area contributed by atoms with Crippen molar-refractivity contribution in [1.82, 2.24) is 20.9 Å². The highest BCUT2D eigenvalue weighted by molar-refractivity contribution is 5.94. The molecule has 0 spiro atoms. The Morgan fingerprint density at radius 2 is 1.56 bits per heavy atom. The molecule has 0 fully saturated rings. The molecule has 0 bridgehead atoms. The molecule has 0 aromatic heterocycles. The number of amides is 4. The number of rotatable bonds is 16. The van der Waals surface area contributed by atoms with Gasteiger partial charge in [-0.05, 0) is 18.4 Å². The molecule has 4 atom stereocenters. The Kier molecular flexibility index (Phi) is 18.9. The number of carbonyl (C=O) groups excluding carboxylic acids is 5. The zero-order valence-corrected chi connectivity index (χ0v) is 27.2. The lowest BCUT2D eigenvalue weighted by molar-refractivity contribution is -0.161. The van der Waals surface area contributed by atoms with Crippen LogP contribution in [0.15, 0.2) is 24.4 Å². The summed E-state index contributed by atoms with van der Waals surface area (Å²) in [4.78, 5) is 64.9. The maximum absolute atomic E-state index is 13.3. The lowest BCUT2D eigenvalue weighted by Crippen LogP contribution is -2.50. The third kappa shape index (κ3) is 15.7. The molecule has 0 aromatic rings. The number of unbranched alkanes of at least 4 members (excludes halogenated alkanes) is 11. The molecular formula is C33H56N4O6. The molecule has 43 heavy (non-hydrogen) atoms. The van der Waals surface area contributed by atoms with Crippen LogP contribution in [-0.2, 0) is 28.7 Å². The van der Waals surface area contributed by atoms with E-state index in [9.17, 15) is 24.0 Å². The standard InChI is InChI=1S/C33H56N4O6/c1-7-8-9-10-11-12-13-14-15-16-17-18-19-24(2)31-26(4)32(41)35-25(3)20-21-30(40)37(6)23-29(39)36-27(33(42)43-31)22-28(38)34-5/h20-21,24,26-27,31H,3,7-19,22-23H2,1-2,4-6H3,(H,34,38)(H,35,41)(H,36,39)/b21-20+/t24-,26+,27+,31+/m1/s1. The summed E-state index contributed by atoms with van der Waals surface area (Å²) in [5.74, 6) is -3.69. The third-order valence-corrected chi connectivity index (χ3v) is 7.99. The molecule has 0 aliphatic carbocycles. The van der Waals surface area contributed by atoms with E-state index in [4.69, 9.17) is 4.74 Å². The molecule has 1 aliphatic rings. The summed E-state index contributed by atoms with van der Waals surface area (Å²) >= 11 is 0. The first-order chi connectivity index (χ1) is 20.5. The molecule has 0 radical (unpaired) electrons. The van der Waals surface area contributed by atoms with Crippen LogP contribution in [0.1, 0.15) is 111 Å². The maximum Gasteiger partial charge on any atom is 0.329 e. The van der Waals surface area contributed by atoms with Crippen LogP contribution in [0.5, 0.6) is 0 Å². The molecule has 10 heteroatoms. The summed E-state index contributed by atoms with van der Waals surface area (Å²) < 4.78 is 5.90. The number of hydrogen-bond acceptors (Lipinski definition) is 6. The summed E-state index contributed by atoms with van der Waals surface area (Å²) in [5, 5.41) is 7.66. The van der Waals surface area contributed by atoms with Crippen LogP contribution >= 0.6 is 0 Å². The van der Waals surface area contributed by atoms with Crippen LogP contribution in [0.2, 0.25) is 0 Å². The largest absolute Gasteiger partial charge is 0.460 e. The predicted molar refractivity (Wildman–Crippen MR) is 169 cm³/mol. The van der Waals surface area contributed by atoms with Crippen LogP contribution in [0.4, 0.5) is 0 Å². The monoisotopic (exact) mass is 604 g/mol. The van der Waals surface area contributed by atoms with E-state index < -0.39 is 47.7 Å². The van der Waals surface area contributed by atoms with Crippen LogP contribution in [0.3, 0.4) is 0 Å². The lowest BCUT2D eigenvalue weighted by atomic mass is 9.88. The zero-order chi connectivity index (χ0) is 32.2. The molecule has 4 amide bonds. The first-order valence-corrected chi connectivity index (χ1v) is 16.1. The highest BCUT2D eigenvalue weighted by atomic mass is 16.5. The molecule has 0 aromatic carbocycles. The number of cyclic esters (lactones) is 1. The van der Waals surface area contributed by atoms with Crippen molar-refractivity contribution in [2.75, 3.05) is 20.6 Å². The normalized spacial score (nSPS) is 22.1. The Bertz CT molecular complexity index is 950. The Hall–Kier alpha value is -3.17. The number of carbonyl (C=O) groups is 5. The van der Waals surface area contributed by atoms with Gasteiger partial charge < -0.3 is 25.6 Å². The number of nitrogens with one attached hydrogen (secondary N) is 3. The predicted octanol–water partition coefficient (Wildman–Crippen LogP) is 4.54. The molecule has 0 saturated heterocycles. The number of likely N-dealkylation sites (N-methyl/N-ethyl adjacent to an activating group) is 1. The van der Waals surface area contributed by atoms with Gasteiger partial charge in [0.25, 0.3) is 0 Å². The fraction of sp³-hybridized carbons (Fsp3) is 0.727. The van der Waals surface area contributed by atoms with E-state index in [-0.39, 0.29) is 24.6 Å². The SMILES string of the molecule is C=C1/C=C/C(=O)N(C)CC(=O)N[C@@H](CC(=O)NC)C(=O)O[C@@H]([C@H](C)CCCCCCCCCCCCCC)[C@H](C)C(=O)N1. The minimum absolute atomic E-state index is 0.156.